The molecule has 0 bridgehead atoms. The fourth-order valence-corrected chi connectivity index (χ4v) is 13.8. The van der Waals surface area contributed by atoms with Crippen molar-refractivity contribution in [3.8, 4) is 0 Å². The van der Waals surface area contributed by atoms with E-state index in [1.54, 1.807) is 0 Å². The molecule has 98 heavy (non-hydrogen) atoms. The summed E-state index contributed by atoms with van der Waals surface area (Å²) in [5.74, 6) is -1.30. The van der Waals surface area contributed by atoms with E-state index >= 15 is 0 Å². The number of hydrogen-bond donors (Lipinski definition) is 3. The van der Waals surface area contributed by atoms with E-state index in [2.05, 4.69) is 34.6 Å². The number of esters is 4. The van der Waals surface area contributed by atoms with Gasteiger partial charge in [-0.3, -0.25) is 37.3 Å². The van der Waals surface area contributed by atoms with Crippen LogP contribution in [0.25, 0.3) is 0 Å². The van der Waals surface area contributed by atoms with Crippen LogP contribution in [0.2, 0.25) is 0 Å². The van der Waals surface area contributed by atoms with Gasteiger partial charge >= 0.3 is 39.5 Å². The maximum absolute atomic E-state index is 13.1. The molecule has 582 valence electrons. The summed E-state index contributed by atoms with van der Waals surface area (Å²) >= 11 is 0. The quantitative estimate of drug-likeness (QED) is 0.0222. The molecule has 0 radical (unpaired) electrons. The number of rotatable bonds is 79. The number of carbonyl (C=O) groups is 4. The van der Waals surface area contributed by atoms with Crippen molar-refractivity contribution in [3.05, 3.63) is 0 Å². The van der Waals surface area contributed by atoms with Gasteiger partial charge in [0.25, 0.3) is 0 Å². The highest BCUT2D eigenvalue weighted by atomic mass is 31.2. The molecule has 0 saturated heterocycles. The largest absolute Gasteiger partial charge is 0.472 e. The van der Waals surface area contributed by atoms with Crippen molar-refractivity contribution in [2.45, 2.75) is 438 Å². The Labute approximate surface area is 600 Å². The maximum Gasteiger partial charge on any atom is 0.472 e. The Bertz CT molecular complexity index is 1870. The van der Waals surface area contributed by atoms with Gasteiger partial charge in [-0.05, 0) is 31.6 Å². The van der Waals surface area contributed by atoms with Crippen LogP contribution in [-0.2, 0) is 65.4 Å². The summed E-state index contributed by atoms with van der Waals surface area (Å²) in [6.07, 6.45) is 62.2. The smallest absolute Gasteiger partial charge is 0.462 e. The average molecular weight is 1440 g/mol. The van der Waals surface area contributed by atoms with E-state index in [1.165, 1.54) is 244 Å². The minimum Gasteiger partial charge on any atom is -0.462 e. The first-order valence-corrected chi connectivity index (χ1v) is 44.1. The van der Waals surface area contributed by atoms with E-state index in [4.69, 9.17) is 37.0 Å². The molecule has 0 aromatic carbocycles. The van der Waals surface area contributed by atoms with Gasteiger partial charge in [0.2, 0.25) is 0 Å². The molecule has 0 aliphatic rings. The Morgan fingerprint density at radius 2 is 0.469 bits per heavy atom. The topological polar surface area (TPSA) is 237 Å². The standard InChI is InChI=1S/C79H154O17P2/c1-6-9-12-15-18-21-24-27-33-38-43-48-53-58-63-77(82)90-69-75(96-79(84)65-60-55-50-45-40-35-31-29-30-32-36-41-46-51-56-61-72(4)5)71-94-98(87,88)92-67-73(80)66-91-97(85,86)93-70-74(68-89-76(81)62-57-52-47-42-37-26-23-20-17-14-11-8-3)95-78(83)64-59-54-49-44-39-34-28-25-22-19-16-13-10-7-2/h72-75,80H,6-71H2,1-5H3,(H,85,86)(H,87,88)/t73-,74+,75+/m0/s1. The predicted octanol–water partition coefficient (Wildman–Crippen LogP) is 23.6. The van der Waals surface area contributed by atoms with Gasteiger partial charge in [-0.2, -0.15) is 0 Å². The van der Waals surface area contributed by atoms with Gasteiger partial charge in [0, 0.05) is 25.7 Å². The van der Waals surface area contributed by atoms with Gasteiger partial charge in [0.05, 0.1) is 26.4 Å². The highest BCUT2D eigenvalue weighted by Crippen LogP contribution is 2.45. The van der Waals surface area contributed by atoms with Crippen molar-refractivity contribution >= 4 is 39.5 Å². The van der Waals surface area contributed by atoms with Gasteiger partial charge in [-0.1, -0.05) is 369 Å². The summed E-state index contributed by atoms with van der Waals surface area (Å²) in [6.45, 7) is 7.35. The second kappa shape index (κ2) is 72.0. The van der Waals surface area contributed by atoms with Crippen molar-refractivity contribution in [1.82, 2.24) is 0 Å². The molecule has 0 saturated carbocycles. The zero-order valence-electron chi connectivity index (χ0n) is 63.9. The molecule has 0 rings (SSSR count). The third kappa shape index (κ3) is 72.4. The summed E-state index contributed by atoms with van der Waals surface area (Å²) < 4.78 is 68.7. The van der Waals surface area contributed by atoms with Gasteiger partial charge < -0.3 is 33.8 Å². The van der Waals surface area contributed by atoms with E-state index in [0.29, 0.717) is 25.7 Å². The van der Waals surface area contributed by atoms with E-state index in [-0.39, 0.29) is 25.7 Å². The summed E-state index contributed by atoms with van der Waals surface area (Å²) in [5, 5.41) is 10.6. The molecular formula is C79H154O17P2. The van der Waals surface area contributed by atoms with Crippen LogP contribution < -0.4 is 0 Å². The van der Waals surface area contributed by atoms with E-state index in [9.17, 15) is 43.2 Å². The number of phosphoric ester groups is 2. The molecule has 0 aliphatic carbocycles. The van der Waals surface area contributed by atoms with Gasteiger partial charge in [-0.25, -0.2) is 9.13 Å². The Morgan fingerprint density at radius 3 is 0.694 bits per heavy atom. The lowest BCUT2D eigenvalue weighted by atomic mass is 10.0. The summed E-state index contributed by atoms with van der Waals surface area (Å²) in [6, 6.07) is 0. The van der Waals surface area contributed by atoms with Crippen LogP contribution in [-0.4, -0.2) is 96.7 Å². The molecule has 0 aliphatic heterocycles. The number of unbranched alkanes of at least 4 members (excludes halogenated alkanes) is 51. The maximum atomic E-state index is 13.1. The van der Waals surface area contributed by atoms with Crippen molar-refractivity contribution in [2.24, 2.45) is 5.92 Å². The van der Waals surface area contributed by atoms with Crippen LogP contribution in [0.4, 0.5) is 0 Å². The predicted molar refractivity (Wildman–Crippen MR) is 400 cm³/mol. The first-order chi connectivity index (χ1) is 47.5. The molecule has 17 nitrogen and oxygen atoms in total. The minimum absolute atomic E-state index is 0.109. The van der Waals surface area contributed by atoms with E-state index in [0.717, 1.165) is 95.8 Å². The number of ether oxygens (including phenoxy) is 4. The lowest BCUT2D eigenvalue weighted by molar-refractivity contribution is -0.161. The molecular weight excluding hydrogens is 1280 g/mol. The van der Waals surface area contributed by atoms with Crippen LogP contribution >= 0.6 is 15.6 Å². The lowest BCUT2D eigenvalue weighted by Crippen LogP contribution is -2.30. The zero-order chi connectivity index (χ0) is 71.9. The second-order valence-corrected chi connectivity index (χ2v) is 31.8. The van der Waals surface area contributed by atoms with Crippen molar-refractivity contribution in [3.63, 3.8) is 0 Å². The van der Waals surface area contributed by atoms with Crippen LogP contribution in [0.15, 0.2) is 0 Å². The second-order valence-electron chi connectivity index (χ2n) is 28.9. The number of phosphoric acid groups is 2. The van der Waals surface area contributed by atoms with E-state index in [1.807, 2.05) is 0 Å². The summed E-state index contributed by atoms with van der Waals surface area (Å²) in [4.78, 5) is 73.0. The Hall–Kier alpha value is -1.94. The monoisotopic (exact) mass is 1440 g/mol. The van der Waals surface area contributed by atoms with Crippen LogP contribution in [0.1, 0.15) is 420 Å². The summed E-state index contributed by atoms with van der Waals surface area (Å²) in [7, 11) is -9.92. The van der Waals surface area contributed by atoms with Crippen molar-refractivity contribution in [1.29, 1.82) is 0 Å². The molecule has 3 N–H and O–H groups in total. The van der Waals surface area contributed by atoms with Gasteiger partial charge in [-0.15, -0.1) is 0 Å². The van der Waals surface area contributed by atoms with Gasteiger partial charge in [0.15, 0.2) is 12.2 Å². The van der Waals surface area contributed by atoms with Crippen molar-refractivity contribution < 1.29 is 80.2 Å². The lowest BCUT2D eigenvalue weighted by Gasteiger charge is -2.21. The SMILES string of the molecule is CCCCCCCCCCCCCCCCC(=O)OC[C@H](COP(=O)(O)OC[C@@H](O)COP(=O)(O)OC[C@@H](COC(=O)CCCCCCCCCCCCCC)OC(=O)CCCCCCCCCCCCCCCC)OC(=O)CCCCCCCCCCCCCCCCCC(C)C. The van der Waals surface area contributed by atoms with Crippen LogP contribution in [0.5, 0.6) is 0 Å². The Kier molecular flexibility index (Phi) is 70.6. The van der Waals surface area contributed by atoms with Gasteiger partial charge in [0.1, 0.15) is 19.3 Å². The molecule has 0 fully saturated rings. The third-order valence-electron chi connectivity index (χ3n) is 18.5. The number of aliphatic hydroxyl groups excluding tert-OH is 1. The minimum atomic E-state index is -4.96. The number of hydrogen-bond acceptors (Lipinski definition) is 15. The molecule has 0 heterocycles. The highest BCUT2D eigenvalue weighted by molar-refractivity contribution is 7.47. The number of carbonyl (C=O) groups excluding carboxylic acids is 4. The first kappa shape index (κ1) is 96.1. The Morgan fingerprint density at radius 1 is 0.276 bits per heavy atom. The molecule has 2 unspecified atom stereocenters. The highest BCUT2D eigenvalue weighted by Gasteiger charge is 2.30. The molecule has 0 aromatic rings. The first-order valence-electron chi connectivity index (χ1n) is 41.1. The van der Waals surface area contributed by atoms with Crippen LogP contribution in [0, 0.1) is 5.92 Å². The zero-order valence-corrected chi connectivity index (χ0v) is 65.7. The summed E-state index contributed by atoms with van der Waals surface area (Å²) in [5.41, 5.74) is 0. The molecule has 0 amide bonds. The van der Waals surface area contributed by atoms with Crippen LogP contribution in [0.3, 0.4) is 0 Å². The third-order valence-corrected chi connectivity index (χ3v) is 20.4. The van der Waals surface area contributed by atoms with Crippen molar-refractivity contribution in [2.75, 3.05) is 39.6 Å². The normalized spacial score (nSPS) is 13.9. The number of aliphatic hydroxyl groups is 1. The Balaban J connectivity index is 5.25. The molecule has 5 atom stereocenters. The fraction of sp³-hybridized carbons (Fsp3) is 0.949. The average Bonchev–Trinajstić information content (AvgIpc) is 1.12. The van der Waals surface area contributed by atoms with E-state index < -0.39 is 97.5 Å². The molecule has 19 heteroatoms. The molecule has 0 aromatic heterocycles. The molecule has 0 spiro atoms. The fourth-order valence-electron chi connectivity index (χ4n) is 12.2.